The highest BCUT2D eigenvalue weighted by Crippen LogP contribution is 1.95. The van der Waals surface area contributed by atoms with Gasteiger partial charge in [0.25, 0.3) is 0 Å². The zero-order valence-corrected chi connectivity index (χ0v) is 7.45. The van der Waals surface area contributed by atoms with Crippen molar-refractivity contribution in [1.82, 2.24) is 4.57 Å². The summed E-state index contributed by atoms with van der Waals surface area (Å²) < 4.78 is 1.67. The van der Waals surface area contributed by atoms with Crippen LogP contribution in [0.2, 0.25) is 0 Å². The molecule has 0 atom stereocenters. The summed E-state index contributed by atoms with van der Waals surface area (Å²) in [5, 5.41) is 16.0. The quantitative estimate of drug-likeness (QED) is 0.720. The molecule has 0 saturated carbocycles. The molecule has 1 rings (SSSR count). The fourth-order valence-electron chi connectivity index (χ4n) is 1.15. The molecule has 0 aliphatic rings. The van der Waals surface area contributed by atoms with Crippen LogP contribution in [0.3, 0.4) is 0 Å². The van der Waals surface area contributed by atoms with Crippen LogP contribution >= 0.6 is 0 Å². The number of carboxylic acid groups (broad SMARTS) is 1. The summed E-state index contributed by atoms with van der Waals surface area (Å²) >= 11 is 0. The largest absolute Gasteiger partial charge is 0.481 e. The molecular formula is C9H12N2O2. The minimum absolute atomic E-state index is 0.0569. The second-order valence-corrected chi connectivity index (χ2v) is 2.85. The lowest BCUT2D eigenvalue weighted by atomic mass is 10.3. The first-order valence-corrected chi connectivity index (χ1v) is 4.04. The van der Waals surface area contributed by atoms with E-state index in [1.807, 2.05) is 13.0 Å². The van der Waals surface area contributed by atoms with Crippen LogP contribution in [0, 0.1) is 12.3 Å². The molecule has 4 heteroatoms. The molecule has 0 bridgehead atoms. The number of carboxylic acids is 1. The van der Waals surface area contributed by atoms with Crippen molar-refractivity contribution < 1.29 is 9.90 Å². The highest BCUT2D eigenvalue weighted by atomic mass is 16.4. The monoisotopic (exact) mass is 180 g/mol. The first-order valence-electron chi connectivity index (χ1n) is 4.04. The standard InChI is InChI=1S/C9H12N2O2/c1-7-3-2-4-8(10)11(7)6-5-9(12)13/h2-4,10H,5-6H2,1H3,(H,12,13). The average molecular weight is 180 g/mol. The van der Waals surface area contributed by atoms with Crippen LogP contribution in [0.25, 0.3) is 0 Å². The number of aliphatic carboxylic acids is 1. The van der Waals surface area contributed by atoms with E-state index in [9.17, 15) is 4.79 Å². The van der Waals surface area contributed by atoms with Crippen molar-refractivity contribution >= 4 is 5.97 Å². The van der Waals surface area contributed by atoms with Crippen molar-refractivity contribution in [1.29, 1.82) is 5.41 Å². The molecule has 0 fully saturated rings. The van der Waals surface area contributed by atoms with Gasteiger partial charge in [0.1, 0.15) is 5.49 Å². The molecule has 0 amide bonds. The summed E-state index contributed by atoms with van der Waals surface area (Å²) in [6, 6.07) is 5.30. The third-order valence-electron chi connectivity index (χ3n) is 1.86. The molecule has 13 heavy (non-hydrogen) atoms. The number of hydrogen-bond donors (Lipinski definition) is 2. The first kappa shape index (κ1) is 9.51. The Morgan fingerprint density at radius 2 is 2.31 bits per heavy atom. The van der Waals surface area contributed by atoms with Crippen LogP contribution in [-0.2, 0) is 11.3 Å². The number of rotatable bonds is 3. The molecule has 4 nitrogen and oxygen atoms in total. The molecule has 2 N–H and O–H groups in total. The molecule has 1 heterocycles. The van der Waals surface area contributed by atoms with Crippen LogP contribution in [0.4, 0.5) is 0 Å². The zero-order chi connectivity index (χ0) is 9.84. The molecule has 70 valence electrons. The van der Waals surface area contributed by atoms with Crippen molar-refractivity contribution in [3.63, 3.8) is 0 Å². The van der Waals surface area contributed by atoms with Gasteiger partial charge < -0.3 is 9.67 Å². The van der Waals surface area contributed by atoms with Gasteiger partial charge in [-0.1, -0.05) is 6.07 Å². The van der Waals surface area contributed by atoms with E-state index in [4.69, 9.17) is 10.5 Å². The Hall–Kier alpha value is -1.58. The van der Waals surface area contributed by atoms with Gasteiger partial charge in [-0.15, -0.1) is 0 Å². The van der Waals surface area contributed by atoms with E-state index in [1.54, 1.807) is 16.7 Å². The van der Waals surface area contributed by atoms with Crippen LogP contribution < -0.4 is 5.49 Å². The van der Waals surface area contributed by atoms with Gasteiger partial charge in [0.05, 0.1) is 6.42 Å². The fraction of sp³-hybridized carbons (Fsp3) is 0.333. The van der Waals surface area contributed by atoms with Gasteiger partial charge in [-0.25, -0.2) is 0 Å². The minimum atomic E-state index is -0.838. The highest BCUT2D eigenvalue weighted by molar-refractivity contribution is 5.66. The maximum absolute atomic E-state index is 10.3. The first-order chi connectivity index (χ1) is 6.11. The van der Waals surface area contributed by atoms with Gasteiger partial charge in [0.2, 0.25) is 0 Å². The molecule has 0 aliphatic carbocycles. The Kier molecular flexibility index (Phi) is 2.84. The van der Waals surface area contributed by atoms with Crippen molar-refractivity contribution in [3.8, 4) is 0 Å². The Morgan fingerprint density at radius 1 is 1.62 bits per heavy atom. The Bertz CT molecular complexity index is 368. The van der Waals surface area contributed by atoms with Crippen molar-refractivity contribution in [2.24, 2.45) is 0 Å². The smallest absolute Gasteiger partial charge is 0.305 e. The van der Waals surface area contributed by atoms with Gasteiger partial charge in [0, 0.05) is 12.2 Å². The fourth-order valence-corrected chi connectivity index (χ4v) is 1.15. The molecule has 0 radical (unpaired) electrons. The van der Waals surface area contributed by atoms with Crippen molar-refractivity contribution in [2.75, 3.05) is 0 Å². The Morgan fingerprint density at radius 3 is 2.85 bits per heavy atom. The summed E-state index contributed by atoms with van der Waals surface area (Å²) in [4.78, 5) is 10.3. The van der Waals surface area contributed by atoms with E-state index in [1.165, 1.54) is 0 Å². The summed E-state index contributed by atoms with van der Waals surface area (Å²) in [5.74, 6) is -0.838. The number of nitrogens with one attached hydrogen (secondary N) is 1. The van der Waals surface area contributed by atoms with Gasteiger partial charge in [-0.05, 0) is 19.1 Å². The molecule has 0 aromatic carbocycles. The van der Waals surface area contributed by atoms with Crippen LogP contribution in [-0.4, -0.2) is 15.6 Å². The lowest BCUT2D eigenvalue weighted by Crippen LogP contribution is -2.22. The number of aromatic nitrogens is 1. The Labute approximate surface area is 76.0 Å². The number of nitrogens with zero attached hydrogens (tertiary/aromatic N) is 1. The summed E-state index contributed by atoms with van der Waals surface area (Å²) in [7, 11) is 0. The molecule has 1 aromatic rings. The zero-order valence-electron chi connectivity index (χ0n) is 7.45. The second-order valence-electron chi connectivity index (χ2n) is 2.85. The van der Waals surface area contributed by atoms with E-state index in [-0.39, 0.29) is 6.42 Å². The average Bonchev–Trinajstić information content (AvgIpc) is 2.03. The second kappa shape index (κ2) is 3.89. The third kappa shape index (κ3) is 2.43. The molecule has 0 unspecified atom stereocenters. The Balaban J connectivity index is 2.87. The summed E-state index contributed by atoms with van der Waals surface area (Å²) in [6.45, 7) is 2.22. The molecular weight excluding hydrogens is 168 g/mol. The lowest BCUT2D eigenvalue weighted by Gasteiger charge is -2.08. The summed E-state index contributed by atoms with van der Waals surface area (Å²) in [6.07, 6.45) is 0.0569. The van der Waals surface area contributed by atoms with Crippen molar-refractivity contribution in [3.05, 3.63) is 29.4 Å². The van der Waals surface area contributed by atoms with Crippen LogP contribution in [0.5, 0.6) is 0 Å². The van der Waals surface area contributed by atoms with E-state index in [0.717, 1.165) is 5.69 Å². The highest BCUT2D eigenvalue weighted by Gasteiger charge is 2.00. The maximum atomic E-state index is 10.3. The SMILES string of the molecule is Cc1cccc(=N)n1CCC(=O)O. The van der Waals surface area contributed by atoms with E-state index in [0.29, 0.717) is 12.0 Å². The van der Waals surface area contributed by atoms with Crippen LogP contribution in [0.15, 0.2) is 18.2 Å². The molecule has 1 aromatic heterocycles. The predicted molar refractivity (Wildman–Crippen MR) is 47.3 cm³/mol. The molecule has 0 spiro atoms. The predicted octanol–water partition coefficient (Wildman–Crippen LogP) is 0.751. The van der Waals surface area contributed by atoms with Gasteiger partial charge in [-0.2, -0.15) is 0 Å². The summed E-state index contributed by atoms with van der Waals surface area (Å²) in [5.41, 5.74) is 1.26. The minimum Gasteiger partial charge on any atom is -0.481 e. The van der Waals surface area contributed by atoms with Gasteiger partial charge in [-0.3, -0.25) is 10.2 Å². The normalized spacial score (nSPS) is 9.92. The number of hydrogen-bond acceptors (Lipinski definition) is 2. The van der Waals surface area contributed by atoms with Gasteiger partial charge >= 0.3 is 5.97 Å². The topological polar surface area (TPSA) is 66.1 Å². The lowest BCUT2D eigenvalue weighted by molar-refractivity contribution is -0.137. The van der Waals surface area contributed by atoms with E-state index < -0.39 is 5.97 Å². The third-order valence-corrected chi connectivity index (χ3v) is 1.86. The van der Waals surface area contributed by atoms with E-state index >= 15 is 0 Å². The number of carbonyl (C=O) groups is 1. The molecule has 0 saturated heterocycles. The van der Waals surface area contributed by atoms with Crippen LogP contribution in [0.1, 0.15) is 12.1 Å². The van der Waals surface area contributed by atoms with E-state index in [2.05, 4.69) is 0 Å². The molecule has 0 aliphatic heterocycles. The van der Waals surface area contributed by atoms with Gasteiger partial charge in [0.15, 0.2) is 0 Å². The number of aryl methyl sites for hydroxylation is 1. The number of pyridine rings is 1. The maximum Gasteiger partial charge on any atom is 0.305 e. The van der Waals surface area contributed by atoms with Crippen molar-refractivity contribution in [2.45, 2.75) is 19.9 Å².